The Morgan fingerprint density at radius 2 is 1.86 bits per heavy atom. The first-order valence-electron chi connectivity index (χ1n) is 9.27. The Morgan fingerprint density at radius 3 is 2.62 bits per heavy atom. The van der Waals surface area contributed by atoms with Crippen LogP contribution in [0.1, 0.15) is 17.7 Å². The predicted molar refractivity (Wildman–Crippen MR) is 113 cm³/mol. The summed E-state index contributed by atoms with van der Waals surface area (Å²) < 4.78 is 38.3. The first-order valence-corrected chi connectivity index (χ1v) is 10.5. The summed E-state index contributed by atoms with van der Waals surface area (Å²) in [6.07, 6.45) is 3.61. The lowest BCUT2D eigenvalue weighted by Gasteiger charge is -2.17. The summed E-state index contributed by atoms with van der Waals surface area (Å²) in [6, 6.07) is 10.6. The smallest absolute Gasteiger partial charge is 0.253 e. The summed E-state index contributed by atoms with van der Waals surface area (Å²) in [5, 5.41) is 0. The minimum Gasteiger partial charge on any atom is -0.454 e. The molecule has 0 unspecified atom stereocenters. The van der Waals surface area contributed by atoms with Crippen LogP contribution >= 0.6 is 11.9 Å². The molecular formula is C22H20F2N2O2S. The van der Waals surface area contributed by atoms with E-state index in [1.807, 2.05) is 29.0 Å². The third kappa shape index (κ3) is 3.74. The number of pyridine rings is 1. The van der Waals surface area contributed by atoms with Gasteiger partial charge in [0.2, 0.25) is 0 Å². The first-order chi connectivity index (χ1) is 14.0. The number of benzene rings is 2. The molecule has 0 saturated carbocycles. The van der Waals surface area contributed by atoms with Crippen molar-refractivity contribution in [1.29, 1.82) is 0 Å². The maximum absolute atomic E-state index is 14.2. The third-order valence-corrected chi connectivity index (χ3v) is 5.42. The molecule has 3 aromatic rings. The van der Waals surface area contributed by atoms with Crippen LogP contribution in [0.25, 0.3) is 11.1 Å². The minimum absolute atomic E-state index is 0.0201. The van der Waals surface area contributed by atoms with Gasteiger partial charge in [-0.3, -0.25) is 4.79 Å². The average Bonchev–Trinajstić information content (AvgIpc) is 3.18. The second-order valence-corrected chi connectivity index (χ2v) is 7.55. The van der Waals surface area contributed by atoms with E-state index < -0.39 is 11.6 Å². The number of halogens is 2. The van der Waals surface area contributed by atoms with Gasteiger partial charge in [0.25, 0.3) is 5.56 Å². The molecule has 0 radical (unpaired) electrons. The molecule has 0 amide bonds. The lowest BCUT2D eigenvalue weighted by Crippen LogP contribution is -2.22. The number of anilines is 1. The van der Waals surface area contributed by atoms with Gasteiger partial charge in [-0.15, -0.1) is 0 Å². The zero-order chi connectivity index (χ0) is 20.5. The van der Waals surface area contributed by atoms with E-state index in [1.54, 1.807) is 13.0 Å². The molecule has 0 aliphatic carbocycles. The summed E-state index contributed by atoms with van der Waals surface area (Å²) in [5.74, 6) is -1.05. The Bertz CT molecular complexity index is 1140. The highest BCUT2D eigenvalue weighted by molar-refractivity contribution is 7.99. The van der Waals surface area contributed by atoms with Crippen LogP contribution in [0.4, 0.5) is 14.5 Å². The number of nitrogens with zero attached hydrogens (tertiary/aromatic N) is 1. The van der Waals surface area contributed by atoms with E-state index in [4.69, 9.17) is 4.74 Å². The molecule has 2 heterocycles. The molecule has 1 aromatic heterocycles. The molecule has 0 atom stereocenters. The van der Waals surface area contributed by atoms with Crippen molar-refractivity contribution in [2.45, 2.75) is 26.3 Å². The van der Waals surface area contributed by atoms with Crippen molar-refractivity contribution in [3.63, 3.8) is 0 Å². The SMILES string of the molecule is CSNc1ccc(Oc2ccc(F)cc2F)c(-c2cc(C)c(=O)n3c2CCC3)c1. The Kier molecular flexibility index (Phi) is 5.32. The van der Waals surface area contributed by atoms with Gasteiger partial charge in [0.15, 0.2) is 11.6 Å². The fraction of sp³-hybridized carbons (Fsp3) is 0.227. The maximum Gasteiger partial charge on any atom is 0.253 e. The normalized spacial score (nSPS) is 12.7. The van der Waals surface area contributed by atoms with Crippen molar-refractivity contribution < 1.29 is 13.5 Å². The van der Waals surface area contributed by atoms with Crippen molar-refractivity contribution in [2.24, 2.45) is 0 Å². The third-order valence-electron chi connectivity index (χ3n) is 4.98. The largest absolute Gasteiger partial charge is 0.454 e. The van der Waals surface area contributed by atoms with E-state index in [2.05, 4.69) is 4.72 Å². The molecule has 29 heavy (non-hydrogen) atoms. The highest BCUT2D eigenvalue weighted by Crippen LogP contribution is 2.39. The molecule has 7 heteroatoms. The Labute approximate surface area is 171 Å². The van der Waals surface area contributed by atoms with E-state index in [9.17, 15) is 13.6 Å². The average molecular weight is 414 g/mol. The summed E-state index contributed by atoms with van der Waals surface area (Å²) in [6.45, 7) is 2.48. The zero-order valence-corrected chi connectivity index (χ0v) is 16.9. The number of rotatable bonds is 5. The van der Waals surface area contributed by atoms with Gasteiger partial charge in [0.1, 0.15) is 11.6 Å². The van der Waals surface area contributed by atoms with Crippen LogP contribution in [0.15, 0.2) is 47.3 Å². The molecule has 0 bridgehead atoms. The molecule has 2 aromatic carbocycles. The van der Waals surface area contributed by atoms with Crippen molar-refractivity contribution >= 4 is 17.6 Å². The lowest BCUT2D eigenvalue weighted by atomic mass is 9.99. The van der Waals surface area contributed by atoms with E-state index in [1.165, 1.54) is 18.0 Å². The molecule has 1 aliphatic rings. The van der Waals surface area contributed by atoms with Crippen LogP contribution in [0, 0.1) is 18.6 Å². The molecule has 1 N–H and O–H groups in total. The summed E-state index contributed by atoms with van der Waals surface area (Å²) >= 11 is 1.46. The highest BCUT2D eigenvalue weighted by atomic mass is 32.2. The van der Waals surface area contributed by atoms with Crippen molar-refractivity contribution in [2.75, 3.05) is 11.0 Å². The maximum atomic E-state index is 14.2. The summed E-state index contributed by atoms with van der Waals surface area (Å²) in [7, 11) is 0. The number of hydrogen-bond acceptors (Lipinski definition) is 4. The van der Waals surface area contributed by atoms with Gasteiger partial charge in [0.05, 0.1) is 0 Å². The number of nitrogens with one attached hydrogen (secondary N) is 1. The topological polar surface area (TPSA) is 43.3 Å². The molecule has 0 spiro atoms. The lowest BCUT2D eigenvalue weighted by molar-refractivity contribution is 0.439. The number of aryl methyl sites for hydroxylation is 1. The van der Waals surface area contributed by atoms with E-state index in [0.717, 1.165) is 47.5 Å². The predicted octanol–water partition coefficient (Wildman–Crippen LogP) is 5.53. The number of ether oxygens (including phenoxy) is 1. The van der Waals surface area contributed by atoms with Crippen molar-refractivity contribution in [3.05, 3.63) is 75.7 Å². The van der Waals surface area contributed by atoms with Gasteiger partial charge >= 0.3 is 0 Å². The molecule has 4 nitrogen and oxygen atoms in total. The van der Waals surface area contributed by atoms with Crippen molar-refractivity contribution in [3.8, 4) is 22.6 Å². The second-order valence-electron chi connectivity index (χ2n) is 6.94. The van der Waals surface area contributed by atoms with Crippen LogP contribution in [0.3, 0.4) is 0 Å². The summed E-state index contributed by atoms with van der Waals surface area (Å²) in [5.41, 5.74) is 4.12. The van der Waals surface area contributed by atoms with E-state index in [0.29, 0.717) is 17.9 Å². The van der Waals surface area contributed by atoms with Gasteiger partial charge in [-0.25, -0.2) is 8.78 Å². The van der Waals surface area contributed by atoms with Gasteiger partial charge in [-0.05, 0) is 56.2 Å². The highest BCUT2D eigenvalue weighted by Gasteiger charge is 2.22. The van der Waals surface area contributed by atoms with Crippen LogP contribution in [-0.2, 0) is 13.0 Å². The van der Waals surface area contributed by atoms with Gasteiger partial charge in [-0.1, -0.05) is 11.9 Å². The first kappa shape index (κ1) is 19.5. The molecular weight excluding hydrogens is 394 g/mol. The van der Waals surface area contributed by atoms with Crippen LogP contribution in [-0.4, -0.2) is 10.8 Å². The summed E-state index contributed by atoms with van der Waals surface area (Å²) in [4.78, 5) is 12.5. The van der Waals surface area contributed by atoms with Gasteiger partial charge in [-0.2, -0.15) is 0 Å². The van der Waals surface area contributed by atoms with Gasteiger partial charge in [0, 0.05) is 46.9 Å². The molecule has 0 fully saturated rings. The van der Waals surface area contributed by atoms with Crippen molar-refractivity contribution in [1.82, 2.24) is 4.57 Å². The van der Waals surface area contributed by atoms with Crippen LogP contribution in [0.5, 0.6) is 11.5 Å². The van der Waals surface area contributed by atoms with Gasteiger partial charge < -0.3 is 14.0 Å². The quantitative estimate of drug-likeness (QED) is 0.558. The van der Waals surface area contributed by atoms with E-state index >= 15 is 0 Å². The van der Waals surface area contributed by atoms with E-state index in [-0.39, 0.29) is 11.3 Å². The van der Waals surface area contributed by atoms with Crippen LogP contribution in [0.2, 0.25) is 0 Å². The fourth-order valence-electron chi connectivity index (χ4n) is 3.67. The molecule has 150 valence electrons. The molecule has 4 rings (SSSR count). The number of fused-ring (bicyclic) bond motifs is 1. The van der Waals surface area contributed by atoms with Crippen LogP contribution < -0.4 is 15.0 Å². The Balaban J connectivity index is 1.88. The Morgan fingerprint density at radius 1 is 1.07 bits per heavy atom. The number of hydrogen-bond donors (Lipinski definition) is 1. The molecule has 0 saturated heterocycles. The standard InChI is InChI=1S/C22H20F2N2O2S/c1-13-10-16(19-4-3-9-26(19)22(13)27)17-12-15(25-29-2)6-8-20(17)28-21-7-5-14(23)11-18(21)24/h5-8,10-12,25H,3-4,9H2,1-2H3. The Hall–Kier alpha value is -2.80. The number of aromatic nitrogens is 1. The molecule has 1 aliphatic heterocycles. The second kappa shape index (κ2) is 7.91. The fourth-order valence-corrected chi connectivity index (χ4v) is 4.04. The minimum atomic E-state index is -0.770. The monoisotopic (exact) mass is 414 g/mol. The zero-order valence-electron chi connectivity index (χ0n) is 16.1.